The van der Waals surface area contributed by atoms with E-state index < -0.39 is 5.97 Å². The van der Waals surface area contributed by atoms with Gasteiger partial charge in [-0.3, -0.25) is 9.48 Å². The van der Waals surface area contributed by atoms with Crippen LogP contribution in [0.1, 0.15) is 37.3 Å². The lowest BCUT2D eigenvalue weighted by Gasteiger charge is -2.37. The summed E-state index contributed by atoms with van der Waals surface area (Å²) in [5, 5.41) is 14.8. The number of aromatic nitrogens is 2. The van der Waals surface area contributed by atoms with E-state index in [-0.39, 0.29) is 17.8 Å². The van der Waals surface area contributed by atoms with Gasteiger partial charge in [0.1, 0.15) is 12.4 Å². The third-order valence-corrected chi connectivity index (χ3v) is 5.53. The van der Waals surface area contributed by atoms with E-state index in [1.165, 1.54) is 0 Å². The van der Waals surface area contributed by atoms with Gasteiger partial charge in [0.2, 0.25) is 0 Å². The first kappa shape index (κ1) is 21.0. The molecule has 0 unspecified atom stereocenters. The predicted octanol–water partition coefficient (Wildman–Crippen LogP) is 4.23. The third-order valence-electron chi connectivity index (χ3n) is 5.53. The quantitative estimate of drug-likeness (QED) is 0.554. The van der Waals surface area contributed by atoms with Crippen LogP contribution in [0.2, 0.25) is 0 Å². The Bertz CT molecular complexity index is 1130. The molecule has 0 amide bonds. The molecule has 160 valence electrons. The highest BCUT2D eigenvalue weighted by molar-refractivity contribution is 5.79. The van der Waals surface area contributed by atoms with E-state index in [0.29, 0.717) is 6.61 Å². The number of hydrogen-bond acceptors (Lipinski definition) is 4. The monoisotopic (exact) mass is 418 g/mol. The minimum atomic E-state index is -0.860. The molecule has 1 atom stereocenters. The molecule has 3 aromatic rings. The Morgan fingerprint density at radius 1 is 1.29 bits per heavy atom. The van der Waals surface area contributed by atoms with Crippen LogP contribution < -0.4 is 4.74 Å². The molecule has 1 aliphatic heterocycles. The fourth-order valence-electron chi connectivity index (χ4n) is 3.80. The van der Waals surface area contributed by atoms with Gasteiger partial charge in [0.25, 0.3) is 0 Å². The summed E-state index contributed by atoms with van der Waals surface area (Å²) in [7, 11) is 0. The van der Waals surface area contributed by atoms with Crippen molar-refractivity contribution < 1.29 is 19.4 Å². The molecular formula is C25H26N2O4. The highest BCUT2D eigenvalue weighted by Crippen LogP contribution is 2.30. The second-order valence-electron chi connectivity index (χ2n) is 8.40. The van der Waals surface area contributed by atoms with Gasteiger partial charge in [-0.25, -0.2) is 0 Å². The van der Waals surface area contributed by atoms with Gasteiger partial charge in [0, 0.05) is 10.8 Å². The molecule has 31 heavy (non-hydrogen) atoms. The van der Waals surface area contributed by atoms with Crippen LogP contribution in [0.15, 0.2) is 48.7 Å². The Balaban J connectivity index is 1.43. The van der Waals surface area contributed by atoms with Crippen LogP contribution in [0.3, 0.4) is 0 Å². The van der Waals surface area contributed by atoms with E-state index in [1.807, 2.05) is 35.1 Å². The number of hydrogen-bond donors (Lipinski definition) is 1. The van der Waals surface area contributed by atoms with Gasteiger partial charge in [-0.15, -0.1) is 5.92 Å². The number of benzene rings is 2. The van der Waals surface area contributed by atoms with Crippen molar-refractivity contribution in [2.45, 2.75) is 39.3 Å². The van der Waals surface area contributed by atoms with Crippen LogP contribution in [0.4, 0.5) is 0 Å². The maximum Gasteiger partial charge on any atom is 0.304 e. The number of nitrogens with zero attached hydrogens (tertiary/aromatic N) is 2. The normalized spacial score (nSPS) is 15.5. The molecule has 6 nitrogen and oxygen atoms in total. The van der Waals surface area contributed by atoms with Gasteiger partial charge in [0.15, 0.2) is 0 Å². The molecule has 0 radical (unpaired) electrons. The Kier molecular flexibility index (Phi) is 5.97. The molecule has 1 N–H and O–H groups in total. The van der Waals surface area contributed by atoms with Crippen molar-refractivity contribution in [3.8, 4) is 17.6 Å². The number of ether oxygens (including phenoxy) is 2. The van der Waals surface area contributed by atoms with Gasteiger partial charge in [0.05, 0.1) is 43.8 Å². The van der Waals surface area contributed by atoms with Crippen molar-refractivity contribution in [2.75, 3.05) is 13.2 Å². The van der Waals surface area contributed by atoms with Gasteiger partial charge >= 0.3 is 5.97 Å². The highest BCUT2D eigenvalue weighted by atomic mass is 16.5. The predicted molar refractivity (Wildman–Crippen MR) is 118 cm³/mol. The maximum absolute atomic E-state index is 11.1. The largest absolute Gasteiger partial charge is 0.489 e. The Morgan fingerprint density at radius 3 is 2.71 bits per heavy atom. The second-order valence-corrected chi connectivity index (χ2v) is 8.40. The summed E-state index contributed by atoms with van der Waals surface area (Å²) in [6.45, 7) is 6.74. The van der Waals surface area contributed by atoms with Gasteiger partial charge in [-0.05, 0) is 36.2 Å². The van der Waals surface area contributed by atoms with E-state index in [4.69, 9.17) is 14.6 Å². The average molecular weight is 418 g/mol. The van der Waals surface area contributed by atoms with Crippen LogP contribution in [-0.2, 0) is 22.7 Å². The molecule has 0 spiro atoms. The molecule has 1 saturated heterocycles. The highest BCUT2D eigenvalue weighted by Gasteiger charge is 2.34. The molecule has 0 bridgehead atoms. The number of rotatable bonds is 8. The molecule has 1 aliphatic rings. The lowest BCUT2D eigenvalue weighted by Crippen LogP contribution is -2.43. The second kappa shape index (κ2) is 8.83. The third kappa shape index (κ3) is 4.89. The van der Waals surface area contributed by atoms with Crippen LogP contribution in [-0.4, -0.2) is 34.1 Å². The zero-order valence-electron chi connectivity index (χ0n) is 17.8. The number of carboxylic acid groups (broad SMARTS) is 1. The maximum atomic E-state index is 11.1. The van der Waals surface area contributed by atoms with Crippen LogP contribution in [0, 0.1) is 17.3 Å². The molecule has 2 heterocycles. The molecule has 1 aromatic heterocycles. The first-order chi connectivity index (χ1) is 15.0. The smallest absolute Gasteiger partial charge is 0.304 e. The lowest BCUT2D eigenvalue weighted by molar-refractivity contribution is -0.137. The average Bonchev–Trinajstić information content (AvgIpc) is 3.13. The van der Waals surface area contributed by atoms with E-state index in [1.54, 1.807) is 6.92 Å². The van der Waals surface area contributed by atoms with Crippen molar-refractivity contribution in [3.05, 3.63) is 59.8 Å². The lowest BCUT2D eigenvalue weighted by atomic mass is 9.89. The molecule has 0 saturated carbocycles. The van der Waals surface area contributed by atoms with E-state index in [0.717, 1.165) is 47.5 Å². The Hall–Kier alpha value is -3.30. The number of fused-ring (bicyclic) bond motifs is 1. The molecule has 4 rings (SSSR count). The topological polar surface area (TPSA) is 73.6 Å². The van der Waals surface area contributed by atoms with E-state index in [9.17, 15) is 4.79 Å². The molecule has 6 heteroatoms. The first-order valence-electron chi connectivity index (χ1n) is 10.3. The zero-order chi connectivity index (χ0) is 21.8. The first-order valence-corrected chi connectivity index (χ1v) is 10.3. The summed E-state index contributed by atoms with van der Waals surface area (Å²) in [5.41, 5.74) is 3.18. The standard InChI is InChI=1S/C25H26N2O4/c1-3-4-20(12-24(28)29)19-7-9-22(10-8-19)31-14-18-5-6-21-13-26-27(23(21)11-18)15-25(2)16-30-17-25/h5-11,13,20H,12,14-17H2,1-2H3,(H,28,29)/t20-/m0/s1. The zero-order valence-corrected chi connectivity index (χ0v) is 17.8. The summed E-state index contributed by atoms with van der Waals surface area (Å²) in [5.74, 6) is 5.33. The van der Waals surface area contributed by atoms with Gasteiger partial charge in [-0.2, -0.15) is 5.10 Å². The summed E-state index contributed by atoms with van der Waals surface area (Å²) in [6, 6.07) is 13.7. The van der Waals surface area contributed by atoms with Crippen molar-refractivity contribution >= 4 is 16.9 Å². The summed E-state index contributed by atoms with van der Waals surface area (Å²) in [4.78, 5) is 11.1. The number of carboxylic acids is 1. The van der Waals surface area contributed by atoms with Crippen molar-refractivity contribution in [2.24, 2.45) is 5.41 Å². The SMILES string of the molecule is CC#C[C@@H](CC(=O)O)c1ccc(OCc2ccc3cnn(CC4(C)COC4)c3c2)cc1. The Labute approximate surface area is 181 Å². The van der Waals surface area contributed by atoms with Crippen LogP contribution >= 0.6 is 0 Å². The van der Waals surface area contributed by atoms with Gasteiger partial charge in [-0.1, -0.05) is 37.1 Å². The fourth-order valence-corrected chi connectivity index (χ4v) is 3.80. The molecule has 2 aromatic carbocycles. The van der Waals surface area contributed by atoms with E-state index in [2.05, 4.69) is 42.1 Å². The van der Waals surface area contributed by atoms with Crippen LogP contribution in [0.5, 0.6) is 5.75 Å². The minimum absolute atomic E-state index is 0.0140. The summed E-state index contributed by atoms with van der Waals surface area (Å²) in [6.07, 6.45) is 1.88. The van der Waals surface area contributed by atoms with Crippen LogP contribution in [0.25, 0.3) is 10.9 Å². The molecule has 1 fully saturated rings. The number of carbonyl (C=O) groups is 1. The van der Waals surface area contributed by atoms with Gasteiger partial charge < -0.3 is 14.6 Å². The molecular weight excluding hydrogens is 392 g/mol. The number of aliphatic carboxylic acids is 1. The van der Waals surface area contributed by atoms with Crippen molar-refractivity contribution in [1.82, 2.24) is 9.78 Å². The fraction of sp³-hybridized carbons (Fsp3) is 0.360. The summed E-state index contributed by atoms with van der Waals surface area (Å²) < 4.78 is 13.4. The van der Waals surface area contributed by atoms with Crippen molar-refractivity contribution in [3.63, 3.8) is 0 Å². The Morgan fingerprint density at radius 2 is 2.06 bits per heavy atom. The summed E-state index contributed by atoms with van der Waals surface area (Å²) >= 11 is 0. The van der Waals surface area contributed by atoms with E-state index >= 15 is 0 Å². The van der Waals surface area contributed by atoms with Crippen molar-refractivity contribution in [1.29, 1.82) is 0 Å². The molecule has 0 aliphatic carbocycles. The minimum Gasteiger partial charge on any atom is -0.489 e.